The Morgan fingerprint density at radius 1 is 1.44 bits per heavy atom. The molecule has 0 bridgehead atoms. The molecule has 88 valence electrons. The standard InChI is InChI=1S/C8H8F3N3O2/c1-4(7(15)16)12-6-3-2-5(13-14-6)8(9,10)11/h2-4H,1H3,(H,12,14)(H,15,16)/t4-/m1/s1. The molecule has 1 atom stereocenters. The minimum Gasteiger partial charge on any atom is -0.480 e. The van der Waals surface area contributed by atoms with E-state index >= 15 is 0 Å². The largest absolute Gasteiger partial charge is 0.480 e. The van der Waals surface area contributed by atoms with Gasteiger partial charge in [0.2, 0.25) is 0 Å². The molecular weight excluding hydrogens is 227 g/mol. The number of nitrogens with zero attached hydrogens (tertiary/aromatic N) is 2. The van der Waals surface area contributed by atoms with Crippen LogP contribution in [0.3, 0.4) is 0 Å². The summed E-state index contributed by atoms with van der Waals surface area (Å²) in [6, 6.07) is 0.796. The molecule has 1 heterocycles. The summed E-state index contributed by atoms with van der Waals surface area (Å²) >= 11 is 0. The second-order valence-corrected chi connectivity index (χ2v) is 3.01. The molecule has 0 fully saturated rings. The molecule has 0 saturated heterocycles. The number of halogens is 3. The van der Waals surface area contributed by atoms with E-state index in [1.165, 1.54) is 6.92 Å². The fourth-order valence-corrected chi connectivity index (χ4v) is 0.844. The van der Waals surface area contributed by atoms with Crippen LogP contribution in [0.4, 0.5) is 19.0 Å². The van der Waals surface area contributed by atoms with Crippen molar-refractivity contribution in [1.29, 1.82) is 0 Å². The predicted octanol–water partition coefficient (Wildman–Crippen LogP) is 1.38. The number of rotatable bonds is 3. The summed E-state index contributed by atoms with van der Waals surface area (Å²) in [5.41, 5.74) is -1.12. The molecule has 2 N–H and O–H groups in total. The summed E-state index contributed by atoms with van der Waals surface area (Å²) in [6.45, 7) is 1.34. The Morgan fingerprint density at radius 3 is 2.44 bits per heavy atom. The number of carboxylic acid groups (broad SMARTS) is 1. The number of nitrogens with one attached hydrogen (secondary N) is 1. The minimum atomic E-state index is -4.55. The normalized spacial score (nSPS) is 13.2. The van der Waals surface area contributed by atoms with Crippen molar-refractivity contribution in [3.63, 3.8) is 0 Å². The Hall–Kier alpha value is -1.86. The van der Waals surface area contributed by atoms with Crippen LogP contribution in [0.1, 0.15) is 12.6 Å². The molecule has 0 aromatic carbocycles. The molecule has 0 spiro atoms. The van der Waals surface area contributed by atoms with E-state index in [0.717, 1.165) is 12.1 Å². The van der Waals surface area contributed by atoms with E-state index in [1.54, 1.807) is 0 Å². The highest BCUT2D eigenvalue weighted by Gasteiger charge is 2.32. The number of hydrogen-bond acceptors (Lipinski definition) is 4. The van der Waals surface area contributed by atoms with Gasteiger partial charge in [0, 0.05) is 0 Å². The van der Waals surface area contributed by atoms with Gasteiger partial charge in [-0.1, -0.05) is 0 Å². The van der Waals surface area contributed by atoms with E-state index in [9.17, 15) is 18.0 Å². The number of carboxylic acids is 1. The predicted molar refractivity (Wildman–Crippen MR) is 47.8 cm³/mol. The molecule has 5 nitrogen and oxygen atoms in total. The van der Waals surface area contributed by atoms with Crippen molar-refractivity contribution in [2.45, 2.75) is 19.1 Å². The lowest BCUT2D eigenvalue weighted by molar-refractivity contribution is -0.142. The van der Waals surface area contributed by atoms with Gasteiger partial charge in [0.15, 0.2) is 5.69 Å². The van der Waals surface area contributed by atoms with Crippen molar-refractivity contribution in [2.24, 2.45) is 0 Å². The van der Waals surface area contributed by atoms with Crippen LogP contribution in [-0.2, 0) is 11.0 Å². The maximum atomic E-state index is 12.1. The van der Waals surface area contributed by atoms with Crippen molar-refractivity contribution in [2.75, 3.05) is 5.32 Å². The van der Waals surface area contributed by atoms with Gasteiger partial charge in [-0.25, -0.2) is 0 Å². The van der Waals surface area contributed by atoms with Gasteiger partial charge in [-0.2, -0.15) is 13.2 Å². The average Bonchev–Trinajstić information content (AvgIpc) is 2.17. The highest BCUT2D eigenvalue weighted by Crippen LogP contribution is 2.27. The van der Waals surface area contributed by atoms with Gasteiger partial charge in [-0.15, -0.1) is 10.2 Å². The lowest BCUT2D eigenvalue weighted by Gasteiger charge is -2.10. The lowest BCUT2D eigenvalue weighted by Crippen LogP contribution is -2.26. The number of aromatic nitrogens is 2. The third-order valence-electron chi connectivity index (χ3n) is 1.69. The first-order chi connectivity index (χ1) is 7.30. The molecule has 0 aliphatic heterocycles. The van der Waals surface area contributed by atoms with Gasteiger partial charge in [0.25, 0.3) is 0 Å². The smallest absolute Gasteiger partial charge is 0.435 e. The highest BCUT2D eigenvalue weighted by atomic mass is 19.4. The maximum absolute atomic E-state index is 12.1. The van der Waals surface area contributed by atoms with Crippen LogP contribution >= 0.6 is 0 Å². The monoisotopic (exact) mass is 235 g/mol. The molecule has 0 aliphatic carbocycles. The summed E-state index contributed by atoms with van der Waals surface area (Å²) in [5.74, 6) is -1.16. The zero-order valence-electron chi connectivity index (χ0n) is 8.12. The van der Waals surface area contributed by atoms with Crippen molar-refractivity contribution >= 4 is 11.8 Å². The van der Waals surface area contributed by atoms with Crippen LogP contribution in [0.25, 0.3) is 0 Å². The lowest BCUT2D eigenvalue weighted by atomic mass is 10.3. The van der Waals surface area contributed by atoms with E-state index in [-0.39, 0.29) is 5.82 Å². The second-order valence-electron chi connectivity index (χ2n) is 3.01. The Morgan fingerprint density at radius 2 is 2.06 bits per heavy atom. The van der Waals surface area contributed by atoms with Crippen molar-refractivity contribution < 1.29 is 23.1 Å². The molecule has 1 aromatic rings. The molecule has 1 rings (SSSR count). The number of carbonyl (C=O) groups is 1. The van der Waals surface area contributed by atoms with Gasteiger partial charge in [0.1, 0.15) is 11.9 Å². The van der Waals surface area contributed by atoms with E-state index in [2.05, 4.69) is 15.5 Å². The first-order valence-electron chi connectivity index (χ1n) is 4.21. The molecule has 1 aromatic heterocycles. The zero-order valence-corrected chi connectivity index (χ0v) is 8.12. The Balaban J connectivity index is 2.76. The maximum Gasteiger partial charge on any atom is 0.435 e. The van der Waals surface area contributed by atoms with Crippen LogP contribution in [-0.4, -0.2) is 27.3 Å². The molecule has 0 aliphatic rings. The van der Waals surface area contributed by atoms with Crippen molar-refractivity contribution in [3.8, 4) is 0 Å². The topological polar surface area (TPSA) is 75.1 Å². The van der Waals surface area contributed by atoms with Gasteiger partial charge >= 0.3 is 12.1 Å². The third-order valence-corrected chi connectivity index (χ3v) is 1.69. The van der Waals surface area contributed by atoms with E-state index in [0.29, 0.717) is 0 Å². The molecule has 8 heteroatoms. The van der Waals surface area contributed by atoms with Crippen molar-refractivity contribution in [3.05, 3.63) is 17.8 Å². The average molecular weight is 235 g/mol. The number of hydrogen-bond donors (Lipinski definition) is 2. The quantitative estimate of drug-likeness (QED) is 0.827. The van der Waals surface area contributed by atoms with E-state index in [1.807, 2.05) is 0 Å². The molecule has 16 heavy (non-hydrogen) atoms. The highest BCUT2D eigenvalue weighted by molar-refractivity contribution is 5.76. The van der Waals surface area contributed by atoms with Crippen LogP contribution < -0.4 is 5.32 Å². The van der Waals surface area contributed by atoms with Crippen molar-refractivity contribution in [1.82, 2.24) is 10.2 Å². The Labute approximate surface area is 88.3 Å². The Bertz CT molecular complexity index is 377. The first-order valence-corrected chi connectivity index (χ1v) is 4.21. The molecule has 0 saturated carbocycles. The van der Waals surface area contributed by atoms with E-state index in [4.69, 9.17) is 5.11 Å². The first kappa shape index (κ1) is 12.2. The van der Waals surface area contributed by atoms with Crippen LogP contribution in [0, 0.1) is 0 Å². The zero-order chi connectivity index (χ0) is 12.3. The minimum absolute atomic E-state index is 0.0251. The van der Waals surface area contributed by atoms with Crippen LogP contribution in [0.2, 0.25) is 0 Å². The fourth-order valence-electron chi connectivity index (χ4n) is 0.844. The van der Waals surface area contributed by atoms with E-state index < -0.39 is 23.9 Å². The molecular formula is C8H8F3N3O2. The molecule has 0 radical (unpaired) electrons. The van der Waals surface area contributed by atoms with Gasteiger partial charge in [0.05, 0.1) is 0 Å². The Kier molecular flexibility index (Phi) is 3.31. The van der Waals surface area contributed by atoms with Gasteiger partial charge in [-0.05, 0) is 19.1 Å². The SMILES string of the molecule is C[C@@H](Nc1ccc(C(F)(F)F)nn1)C(=O)O. The summed E-state index contributed by atoms with van der Waals surface area (Å²) < 4.78 is 36.3. The summed E-state index contributed by atoms with van der Waals surface area (Å²) in [7, 11) is 0. The summed E-state index contributed by atoms with van der Waals surface area (Å²) in [5, 5.41) is 17.1. The molecule has 0 amide bonds. The molecule has 0 unspecified atom stereocenters. The van der Waals surface area contributed by atoms with Gasteiger partial charge in [-0.3, -0.25) is 4.79 Å². The number of alkyl halides is 3. The fraction of sp³-hybridized carbons (Fsp3) is 0.375. The second kappa shape index (κ2) is 4.33. The third kappa shape index (κ3) is 3.07. The van der Waals surface area contributed by atoms with Crippen LogP contribution in [0.15, 0.2) is 12.1 Å². The number of anilines is 1. The number of aliphatic carboxylic acids is 1. The summed E-state index contributed by atoms with van der Waals surface area (Å²) in [4.78, 5) is 10.4. The van der Waals surface area contributed by atoms with Crippen LogP contribution in [0.5, 0.6) is 0 Å². The summed E-state index contributed by atoms with van der Waals surface area (Å²) in [6.07, 6.45) is -4.55. The van der Waals surface area contributed by atoms with Gasteiger partial charge < -0.3 is 10.4 Å².